The molecule has 0 saturated heterocycles. The second-order valence-electron chi connectivity index (χ2n) is 3.66. The van der Waals surface area contributed by atoms with Crippen molar-refractivity contribution in [2.24, 2.45) is 11.8 Å². The van der Waals surface area contributed by atoms with Gasteiger partial charge in [-0.1, -0.05) is 5.57 Å². The molecule has 2 atom stereocenters. The fourth-order valence-corrected chi connectivity index (χ4v) is 1.93. The van der Waals surface area contributed by atoms with Gasteiger partial charge >= 0.3 is 5.97 Å². The van der Waals surface area contributed by atoms with Crippen molar-refractivity contribution < 1.29 is 14.3 Å². The molecule has 70 valence electrons. The minimum Gasteiger partial charge on any atom is -0.469 e. The van der Waals surface area contributed by atoms with Crippen molar-refractivity contribution in [2.75, 3.05) is 7.11 Å². The highest BCUT2D eigenvalue weighted by molar-refractivity contribution is 5.93. The van der Waals surface area contributed by atoms with Crippen LogP contribution in [0, 0.1) is 11.8 Å². The molecular weight excluding hydrogens is 168 g/mol. The van der Waals surface area contributed by atoms with E-state index in [4.69, 9.17) is 0 Å². The fourth-order valence-electron chi connectivity index (χ4n) is 1.93. The van der Waals surface area contributed by atoms with Crippen molar-refractivity contribution in [1.82, 2.24) is 0 Å². The number of esters is 1. The van der Waals surface area contributed by atoms with Gasteiger partial charge in [0.1, 0.15) is 0 Å². The van der Waals surface area contributed by atoms with Crippen LogP contribution in [0.25, 0.3) is 0 Å². The fraction of sp³-hybridized carbons (Fsp3) is 0.600. The van der Waals surface area contributed by atoms with Crippen molar-refractivity contribution in [3.63, 3.8) is 0 Å². The Bertz CT molecular complexity index is 291. The molecule has 2 aliphatic rings. The third-order valence-electron chi connectivity index (χ3n) is 2.78. The molecule has 2 rings (SSSR count). The van der Waals surface area contributed by atoms with E-state index in [2.05, 4.69) is 4.74 Å². The molecule has 0 unspecified atom stereocenters. The summed E-state index contributed by atoms with van der Waals surface area (Å²) >= 11 is 0. The van der Waals surface area contributed by atoms with Crippen LogP contribution < -0.4 is 0 Å². The Morgan fingerprint density at radius 2 is 2.31 bits per heavy atom. The first kappa shape index (κ1) is 8.48. The van der Waals surface area contributed by atoms with Gasteiger partial charge < -0.3 is 4.74 Å². The second-order valence-corrected chi connectivity index (χ2v) is 3.66. The van der Waals surface area contributed by atoms with Crippen LogP contribution in [0.1, 0.15) is 19.3 Å². The summed E-state index contributed by atoms with van der Waals surface area (Å²) in [4.78, 5) is 22.0. The first-order valence-electron chi connectivity index (χ1n) is 4.53. The van der Waals surface area contributed by atoms with E-state index < -0.39 is 0 Å². The van der Waals surface area contributed by atoms with Crippen molar-refractivity contribution in [3.8, 4) is 0 Å². The molecule has 0 N–H and O–H groups in total. The SMILES string of the molecule is COC(=O)[C@@H]1C[C@H]1C1=CC(=O)CC1. The van der Waals surface area contributed by atoms with E-state index in [0.29, 0.717) is 12.3 Å². The smallest absolute Gasteiger partial charge is 0.309 e. The molecule has 0 aliphatic heterocycles. The molecule has 0 spiro atoms. The standard InChI is InChI=1S/C10H12O3/c1-13-10(12)9-5-8(9)6-2-3-7(11)4-6/h4,8-9H,2-3,5H2,1H3/t8-,9+/m0/s1. The third-order valence-corrected chi connectivity index (χ3v) is 2.78. The van der Waals surface area contributed by atoms with E-state index in [1.54, 1.807) is 6.08 Å². The summed E-state index contributed by atoms with van der Waals surface area (Å²) in [7, 11) is 1.41. The summed E-state index contributed by atoms with van der Waals surface area (Å²) in [6.07, 6.45) is 4.04. The number of ketones is 1. The van der Waals surface area contributed by atoms with Crippen LogP contribution in [0.15, 0.2) is 11.6 Å². The highest BCUT2D eigenvalue weighted by Crippen LogP contribution is 2.47. The topological polar surface area (TPSA) is 43.4 Å². The van der Waals surface area contributed by atoms with Gasteiger partial charge in [-0.25, -0.2) is 0 Å². The number of hydrogen-bond donors (Lipinski definition) is 0. The Labute approximate surface area is 76.8 Å². The van der Waals surface area contributed by atoms with Crippen molar-refractivity contribution in [3.05, 3.63) is 11.6 Å². The quantitative estimate of drug-likeness (QED) is 0.597. The molecule has 1 fully saturated rings. The van der Waals surface area contributed by atoms with E-state index in [9.17, 15) is 9.59 Å². The van der Waals surface area contributed by atoms with Gasteiger partial charge in [0.25, 0.3) is 0 Å². The predicted octanol–water partition coefficient (Wildman–Crippen LogP) is 1.08. The lowest BCUT2D eigenvalue weighted by molar-refractivity contribution is -0.142. The van der Waals surface area contributed by atoms with Gasteiger partial charge in [0.05, 0.1) is 13.0 Å². The Morgan fingerprint density at radius 1 is 1.54 bits per heavy atom. The van der Waals surface area contributed by atoms with E-state index in [-0.39, 0.29) is 17.7 Å². The first-order chi connectivity index (χ1) is 6.22. The number of methoxy groups -OCH3 is 1. The minimum absolute atomic E-state index is 0.0298. The largest absolute Gasteiger partial charge is 0.469 e. The van der Waals surface area contributed by atoms with Crippen LogP contribution in [0.5, 0.6) is 0 Å². The highest BCUT2D eigenvalue weighted by Gasteiger charge is 2.46. The molecule has 0 aromatic carbocycles. The summed E-state index contributed by atoms with van der Waals surface area (Å²) in [5.74, 6) is 0.400. The van der Waals surface area contributed by atoms with Gasteiger partial charge in [0.15, 0.2) is 5.78 Å². The van der Waals surface area contributed by atoms with Gasteiger partial charge in [0.2, 0.25) is 0 Å². The Balaban J connectivity index is 1.96. The van der Waals surface area contributed by atoms with E-state index >= 15 is 0 Å². The molecule has 1 saturated carbocycles. The minimum atomic E-state index is -0.134. The average molecular weight is 180 g/mol. The monoisotopic (exact) mass is 180 g/mol. The summed E-state index contributed by atoms with van der Waals surface area (Å²) in [5, 5.41) is 0. The van der Waals surface area contributed by atoms with Crippen molar-refractivity contribution in [2.45, 2.75) is 19.3 Å². The van der Waals surface area contributed by atoms with Crippen LogP contribution >= 0.6 is 0 Å². The lowest BCUT2D eigenvalue weighted by atomic mass is 10.1. The summed E-state index contributed by atoms with van der Waals surface area (Å²) in [6, 6.07) is 0. The normalized spacial score (nSPS) is 31.5. The van der Waals surface area contributed by atoms with Crippen LogP contribution in [0.4, 0.5) is 0 Å². The maximum Gasteiger partial charge on any atom is 0.309 e. The Morgan fingerprint density at radius 3 is 2.85 bits per heavy atom. The summed E-state index contributed by atoms with van der Waals surface area (Å²) in [6.45, 7) is 0. The maximum absolute atomic E-state index is 11.1. The molecule has 3 heteroatoms. The van der Waals surface area contributed by atoms with Gasteiger partial charge in [-0.2, -0.15) is 0 Å². The molecule has 0 aromatic rings. The Kier molecular flexibility index (Phi) is 1.94. The van der Waals surface area contributed by atoms with Crippen LogP contribution in [0.3, 0.4) is 0 Å². The predicted molar refractivity (Wildman–Crippen MR) is 45.9 cm³/mol. The highest BCUT2D eigenvalue weighted by atomic mass is 16.5. The zero-order valence-corrected chi connectivity index (χ0v) is 7.58. The molecule has 0 aromatic heterocycles. The van der Waals surface area contributed by atoms with Gasteiger partial charge in [-0.3, -0.25) is 9.59 Å². The van der Waals surface area contributed by atoms with Gasteiger partial charge in [-0.05, 0) is 24.8 Å². The molecule has 0 heterocycles. The maximum atomic E-state index is 11.1. The number of carbonyl (C=O) groups excluding carboxylic acids is 2. The first-order valence-corrected chi connectivity index (χ1v) is 4.53. The van der Waals surface area contributed by atoms with Crippen LogP contribution in [-0.2, 0) is 14.3 Å². The zero-order chi connectivity index (χ0) is 9.42. The molecule has 2 aliphatic carbocycles. The number of ether oxygens (including phenoxy) is 1. The second kappa shape index (κ2) is 2.98. The average Bonchev–Trinajstić information content (AvgIpc) is 2.82. The molecule has 0 bridgehead atoms. The summed E-state index contributed by atoms with van der Waals surface area (Å²) < 4.78 is 4.64. The van der Waals surface area contributed by atoms with E-state index in [0.717, 1.165) is 18.4 Å². The molecule has 0 amide bonds. The lowest BCUT2D eigenvalue weighted by Gasteiger charge is -1.98. The molecule has 0 radical (unpaired) electrons. The van der Waals surface area contributed by atoms with Crippen LogP contribution in [-0.4, -0.2) is 18.9 Å². The molecule has 3 nitrogen and oxygen atoms in total. The van der Waals surface area contributed by atoms with Gasteiger partial charge in [0, 0.05) is 6.42 Å². The number of allylic oxidation sites excluding steroid dienone is 2. The summed E-state index contributed by atoms with van der Waals surface area (Å²) in [5.41, 5.74) is 1.15. The number of hydrogen-bond acceptors (Lipinski definition) is 3. The third kappa shape index (κ3) is 1.50. The van der Waals surface area contributed by atoms with Crippen molar-refractivity contribution in [1.29, 1.82) is 0 Å². The number of rotatable bonds is 2. The van der Waals surface area contributed by atoms with Gasteiger partial charge in [-0.15, -0.1) is 0 Å². The number of carbonyl (C=O) groups is 2. The van der Waals surface area contributed by atoms with E-state index in [1.807, 2.05) is 0 Å². The lowest BCUT2D eigenvalue weighted by Crippen LogP contribution is -2.04. The molecule has 13 heavy (non-hydrogen) atoms. The van der Waals surface area contributed by atoms with Crippen molar-refractivity contribution >= 4 is 11.8 Å². The molecular formula is C10H12O3. The van der Waals surface area contributed by atoms with E-state index in [1.165, 1.54) is 7.11 Å². The zero-order valence-electron chi connectivity index (χ0n) is 7.58. The van der Waals surface area contributed by atoms with Crippen LogP contribution in [0.2, 0.25) is 0 Å². The Hall–Kier alpha value is -1.12.